The van der Waals surface area contributed by atoms with Gasteiger partial charge in [-0.2, -0.15) is 13.2 Å². The molecule has 3 heterocycles. The Kier molecular flexibility index (Phi) is 4.39. The number of alkyl halides is 3. The Bertz CT molecular complexity index is 782. The van der Waals surface area contributed by atoms with E-state index < -0.39 is 17.8 Å². The van der Waals surface area contributed by atoms with Crippen LogP contribution in [-0.2, 0) is 10.9 Å². The van der Waals surface area contributed by atoms with Gasteiger partial charge in [0.15, 0.2) is 0 Å². The predicted molar refractivity (Wildman–Crippen MR) is 85.1 cm³/mol. The number of rotatable bonds is 3. The van der Waals surface area contributed by atoms with Gasteiger partial charge in [-0.05, 0) is 31.4 Å². The number of hydrogen-bond acceptors (Lipinski definition) is 5. The summed E-state index contributed by atoms with van der Waals surface area (Å²) in [5.41, 5.74) is 5.51. The number of aromatic nitrogens is 1. The average Bonchev–Trinajstić information content (AvgIpc) is 3.12. The van der Waals surface area contributed by atoms with Gasteiger partial charge in [0, 0.05) is 18.5 Å². The molecule has 0 radical (unpaired) electrons. The highest BCUT2D eigenvalue weighted by Crippen LogP contribution is 2.38. The molecule has 3 rings (SSSR count). The number of hydrogen-bond donors (Lipinski definition) is 2. The van der Waals surface area contributed by atoms with E-state index in [1.807, 2.05) is 0 Å². The molecule has 1 fully saturated rings. The molecule has 0 unspecified atom stereocenters. The molecule has 2 aromatic rings. The molecule has 0 aliphatic carbocycles. The quantitative estimate of drug-likeness (QED) is 0.883. The number of nitrogens with zero attached hydrogens (tertiary/aromatic N) is 1. The van der Waals surface area contributed by atoms with Crippen LogP contribution in [0.15, 0.2) is 6.07 Å². The summed E-state index contributed by atoms with van der Waals surface area (Å²) in [6.07, 6.45) is -2.74. The maximum atomic E-state index is 12.9. The van der Waals surface area contributed by atoms with Crippen molar-refractivity contribution in [1.29, 1.82) is 0 Å². The van der Waals surface area contributed by atoms with Crippen LogP contribution in [0.5, 0.6) is 0 Å². The second-order valence-electron chi connectivity index (χ2n) is 5.69. The number of nitrogens with one attached hydrogen (secondary N) is 1. The molecule has 1 aliphatic rings. The molecule has 24 heavy (non-hydrogen) atoms. The lowest BCUT2D eigenvalue weighted by molar-refractivity contribution is -0.141. The Morgan fingerprint density at radius 3 is 2.92 bits per heavy atom. The zero-order chi connectivity index (χ0) is 17.5. The second kappa shape index (κ2) is 6.21. The maximum Gasteiger partial charge on any atom is 0.433 e. The highest BCUT2D eigenvalue weighted by atomic mass is 32.1. The first kappa shape index (κ1) is 17.0. The van der Waals surface area contributed by atoms with Crippen LogP contribution in [0.4, 0.5) is 18.9 Å². The summed E-state index contributed by atoms with van der Waals surface area (Å²) in [7, 11) is 0. The molecule has 1 atom stereocenters. The lowest BCUT2D eigenvalue weighted by Gasteiger charge is -2.10. The van der Waals surface area contributed by atoms with Crippen LogP contribution >= 0.6 is 11.3 Å². The third-order valence-electron chi connectivity index (χ3n) is 3.91. The number of fused-ring (bicyclic) bond motifs is 1. The smallest absolute Gasteiger partial charge is 0.397 e. The maximum absolute atomic E-state index is 12.9. The van der Waals surface area contributed by atoms with E-state index in [2.05, 4.69) is 10.3 Å². The molecular formula is C15H16F3N3O2S. The molecule has 1 saturated heterocycles. The Hall–Kier alpha value is -1.87. The summed E-state index contributed by atoms with van der Waals surface area (Å²) in [4.78, 5) is 16.2. The second-order valence-corrected chi connectivity index (χ2v) is 6.69. The lowest BCUT2D eigenvalue weighted by atomic mass is 10.1. The number of anilines is 1. The summed E-state index contributed by atoms with van der Waals surface area (Å²) >= 11 is 0.870. The van der Waals surface area contributed by atoms with Crippen molar-refractivity contribution in [2.24, 2.45) is 0 Å². The summed E-state index contributed by atoms with van der Waals surface area (Å²) < 4.78 is 44.0. The van der Waals surface area contributed by atoms with Crippen LogP contribution in [0, 0.1) is 6.92 Å². The Morgan fingerprint density at radius 1 is 1.54 bits per heavy atom. The molecule has 1 amide bonds. The number of carbonyl (C=O) groups excluding carboxylic acids is 1. The van der Waals surface area contributed by atoms with Crippen molar-refractivity contribution in [2.45, 2.75) is 32.0 Å². The average molecular weight is 359 g/mol. The van der Waals surface area contributed by atoms with Crippen LogP contribution in [0.25, 0.3) is 10.2 Å². The fourth-order valence-electron chi connectivity index (χ4n) is 2.72. The number of thiophene rings is 1. The van der Waals surface area contributed by atoms with Crippen LogP contribution in [-0.4, -0.2) is 30.1 Å². The fraction of sp³-hybridized carbons (Fsp3) is 0.467. The molecular weight excluding hydrogens is 343 g/mol. The summed E-state index contributed by atoms with van der Waals surface area (Å²) in [5.74, 6) is -0.418. The monoisotopic (exact) mass is 359 g/mol. The molecule has 0 bridgehead atoms. The zero-order valence-corrected chi connectivity index (χ0v) is 13.7. The topological polar surface area (TPSA) is 77.2 Å². The van der Waals surface area contributed by atoms with Crippen molar-refractivity contribution in [3.63, 3.8) is 0 Å². The molecule has 5 nitrogen and oxygen atoms in total. The van der Waals surface area contributed by atoms with Crippen LogP contribution in [0.3, 0.4) is 0 Å². The van der Waals surface area contributed by atoms with E-state index in [1.54, 1.807) is 0 Å². The number of carbonyl (C=O) groups is 1. The SMILES string of the molecule is Cc1cc(C(F)(F)F)nc2sc(C(=O)NC[C@H]3CCCO3)c(N)c12. The number of nitrogens with two attached hydrogens (primary N) is 1. The number of ether oxygens (including phenoxy) is 1. The minimum atomic E-state index is -4.54. The lowest BCUT2D eigenvalue weighted by Crippen LogP contribution is -2.31. The normalized spacial score (nSPS) is 18.2. The van der Waals surface area contributed by atoms with Crippen molar-refractivity contribution < 1.29 is 22.7 Å². The van der Waals surface area contributed by atoms with Gasteiger partial charge >= 0.3 is 6.18 Å². The van der Waals surface area contributed by atoms with Gasteiger partial charge in [0.2, 0.25) is 0 Å². The van der Waals surface area contributed by atoms with E-state index in [1.165, 1.54) is 6.92 Å². The van der Waals surface area contributed by atoms with E-state index in [-0.39, 0.29) is 21.5 Å². The molecule has 0 saturated carbocycles. The highest BCUT2D eigenvalue weighted by Gasteiger charge is 2.34. The molecule has 130 valence electrons. The number of halogens is 3. The van der Waals surface area contributed by atoms with Crippen LogP contribution < -0.4 is 11.1 Å². The minimum Gasteiger partial charge on any atom is -0.397 e. The van der Waals surface area contributed by atoms with Crippen molar-refractivity contribution >= 4 is 33.1 Å². The molecule has 0 aromatic carbocycles. The summed E-state index contributed by atoms with van der Waals surface area (Å²) in [6, 6.07) is 0.944. The third kappa shape index (κ3) is 3.18. The van der Waals surface area contributed by atoms with Crippen molar-refractivity contribution in [2.75, 3.05) is 18.9 Å². The predicted octanol–water partition coefficient (Wildman–Crippen LogP) is 3.11. The van der Waals surface area contributed by atoms with Gasteiger partial charge in [-0.3, -0.25) is 4.79 Å². The molecule has 1 aliphatic heterocycles. The molecule has 3 N–H and O–H groups in total. The molecule has 0 spiro atoms. The zero-order valence-electron chi connectivity index (χ0n) is 12.9. The van der Waals surface area contributed by atoms with Crippen LogP contribution in [0.1, 0.15) is 33.8 Å². The van der Waals surface area contributed by atoms with Gasteiger partial charge in [0.25, 0.3) is 5.91 Å². The van der Waals surface area contributed by atoms with Gasteiger partial charge in [0.05, 0.1) is 11.8 Å². The van der Waals surface area contributed by atoms with E-state index in [0.717, 1.165) is 30.2 Å². The van der Waals surface area contributed by atoms with E-state index >= 15 is 0 Å². The standard InChI is InChI=1S/C15H16F3N3O2S/c1-7-5-9(15(16,17)18)21-14-10(7)11(19)12(24-14)13(22)20-6-8-3-2-4-23-8/h5,8H,2-4,6,19H2,1H3,(H,20,22)/t8-/m1/s1. The van der Waals surface area contributed by atoms with E-state index in [0.29, 0.717) is 24.1 Å². The van der Waals surface area contributed by atoms with Gasteiger partial charge < -0.3 is 15.8 Å². The Balaban J connectivity index is 1.89. The minimum absolute atomic E-state index is 0.0266. The summed E-state index contributed by atoms with van der Waals surface area (Å²) in [5, 5.41) is 3.12. The van der Waals surface area contributed by atoms with E-state index in [9.17, 15) is 18.0 Å². The number of amides is 1. The van der Waals surface area contributed by atoms with Crippen molar-refractivity contribution in [3.8, 4) is 0 Å². The number of aryl methyl sites for hydroxylation is 1. The first-order valence-corrected chi connectivity index (χ1v) is 8.25. The Labute approximate surface area is 140 Å². The van der Waals surface area contributed by atoms with Gasteiger partial charge in [-0.1, -0.05) is 0 Å². The molecule has 9 heteroatoms. The number of pyridine rings is 1. The Morgan fingerprint density at radius 2 is 2.29 bits per heavy atom. The van der Waals surface area contributed by atoms with Gasteiger partial charge in [-0.25, -0.2) is 4.98 Å². The summed E-state index contributed by atoms with van der Waals surface area (Å²) in [6.45, 7) is 2.55. The number of nitrogen functional groups attached to an aromatic ring is 1. The molecule has 2 aromatic heterocycles. The largest absolute Gasteiger partial charge is 0.433 e. The first-order valence-electron chi connectivity index (χ1n) is 7.44. The fourth-order valence-corrected chi connectivity index (χ4v) is 3.80. The van der Waals surface area contributed by atoms with Crippen molar-refractivity contribution in [1.82, 2.24) is 10.3 Å². The van der Waals surface area contributed by atoms with Crippen molar-refractivity contribution in [3.05, 3.63) is 22.2 Å². The first-order chi connectivity index (χ1) is 11.3. The van der Waals surface area contributed by atoms with E-state index in [4.69, 9.17) is 10.5 Å². The van der Waals surface area contributed by atoms with Gasteiger partial charge in [-0.15, -0.1) is 11.3 Å². The van der Waals surface area contributed by atoms with Gasteiger partial charge in [0.1, 0.15) is 15.4 Å². The van der Waals surface area contributed by atoms with Crippen LogP contribution in [0.2, 0.25) is 0 Å². The highest BCUT2D eigenvalue weighted by molar-refractivity contribution is 7.21. The third-order valence-corrected chi connectivity index (χ3v) is 5.01.